The highest BCUT2D eigenvalue weighted by atomic mass is 16.5. The monoisotopic (exact) mass is 258 g/mol. The fraction of sp³-hybridized carbons (Fsp3) is 1.00. The van der Waals surface area contributed by atoms with Crippen LogP contribution in [-0.2, 0) is 4.74 Å². The van der Waals surface area contributed by atoms with Gasteiger partial charge in [0.25, 0.3) is 0 Å². The van der Waals surface area contributed by atoms with E-state index in [9.17, 15) is 0 Å². The highest BCUT2D eigenvalue weighted by Gasteiger charge is 2.30. The van der Waals surface area contributed by atoms with Gasteiger partial charge in [-0.15, -0.1) is 0 Å². The molecule has 0 heterocycles. The Balaban J connectivity index is 4.58. The van der Waals surface area contributed by atoms with Crippen molar-refractivity contribution < 1.29 is 4.74 Å². The highest BCUT2D eigenvalue weighted by Crippen LogP contribution is 2.17. The van der Waals surface area contributed by atoms with Crippen LogP contribution in [0, 0.1) is 5.92 Å². The Kier molecular flexibility index (Phi) is 8.08. The van der Waals surface area contributed by atoms with Gasteiger partial charge in [-0.1, -0.05) is 20.8 Å². The number of nitrogens with zero attached hydrogens (tertiary/aromatic N) is 1. The van der Waals surface area contributed by atoms with Crippen molar-refractivity contribution in [2.75, 3.05) is 27.2 Å². The molecule has 18 heavy (non-hydrogen) atoms. The molecule has 0 aromatic carbocycles. The molecule has 0 aliphatic rings. The molecule has 0 aromatic rings. The molecule has 0 aromatic heterocycles. The molecule has 0 rings (SSSR count). The minimum Gasteiger partial charge on any atom is -0.377 e. The van der Waals surface area contributed by atoms with Crippen LogP contribution in [-0.4, -0.2) is 49.8 Å². The van der Waals surface area contributed by atoms with Crippen LogP contribution in [0.15, 0.2) is 0 Å². The van der Waals surface area contributed by atoms with Crippen LogP contribution in [0.25, 0.3) is 0 Å². The van der Waals surface area contributed by atoms with Gasteiger partial charge in [0, 0.05) is 25.7 Å². The van der Waals surface area contributed by atoms with Crippen molar-refractivity contribution in [2.45, 2.75) is 65.6 Å². The lowest BCUT2D eigenvalue weighted by Gasteiger charge is -2.39. The first-order valence-corrected chi connectivity index (χ1v) is 7.25. The first kappa shape index (κ1) is 17.9. The number of nitrogens with one attached hydrogen (secondary N) is 1. The fourth-order valence-electron chi connectivity index (χ4n) is 1.95. The van der Waals surface area contributed by atoms with Gasteiger partial charge in [0.15, 0.2) is 0 Å². The molecule has 0 fully saturated rings. The second kappa shape index (κ2) is 8.13. The van der Waals surface area contributed by atoms with Crippen molar-refractivity contribution in [1.82, 2.24) is 10.2 Å². The third kappa shape index (κ3) is 5.68. The Labute approximate surface area is 114 Å². The summed E-state index contributed by atoms with van der Waals surface area (Å²) in [6.07, 6.45) is 1.15. The van der Waals surface area contributed by atoms with E-state index in [1.165, 1.54) is 0 Å². The number of rotatable bonds is 9. The first-order valence-electron chi connectivity index (χ1n) is 7.25. The standard InChI is InChI=1S/C15H34N2O/c1-9-10-16-14(15(5,6)18-8)11-17(7)13(4)12(2)3/h12-14,16H,9-11H2,1-8H3. The lowest BCUT2D eigenvalue weighted by molar-refractivity contribution is -0.0219. The molecule has 3 nitrogen and oxygen atoms in total. The zero-order valence-electron chi connectivity index (χ0n) is 13.7. The molecule has 1 N–H and O–H groups in total. The molecular formula is C15H34N2O. The minimum atomic E-state index is -0.139. The van der Waals surface area contributed by atoms with Gasteiger partial charge in [-0.3, -0.25) is 0 Å². The van der Waals surface area contributed by atoms with E-state index in [2.05, 4.69) is 58.8 Å². The molecule has 0 aliphatic carbocycles. The third-order valence-corrected chi connectivity index (χ3v) is 4.14. The second-order valence-electron chi connectivity index (χ2n) is 6.24. The van der Waals surface area contributed by atoms with E-state index < -0.39 is 0 Å². The largest absolute Gasteiger partial charge is 0.377 e. The molecule has 0 bridgehead atoms. The SMILES string of the molecule is CCCNC(CN(C)C(C)C(C)C)C(C)(C)OC. The zero-order chi connectivity index (χ0) is 14.3. The van der Waals surface area contributed by atoms with E-state index in [4.69, 9.17) is 4.74 Å². The number of ether oxygens (including phenoxy) is 1. The predicted molar refractivity (Wildman–Crippen MR) is 80.1 cm³/mol. The number of hydrogen-bond donors (Lipinski definition) is 1. The minimum absolute atomic E-state index is 0.139. The van der Waals surface area contributed by atoms with Gasteiger partial charge in [-0.2, -0.15) is 0 Å². The van der Waals surface area contributed by atoms with Crippen molar-refractivity contribution in [3.8, 4) is 0 Å². The molecule has 3 heteroatoms. The fourth-order valence-corrected chi connectivity index (χ4v) is 1.95. The average Bonchev–Trinajstić information content (AvgIpc) is 2.32. The van der Waals surface area contributed by atoms with Gasteiger partial charge < -0.3 is 15.0 Å². The normalized spacial score (nSPS) is 16.3. The summed E-state index contributed by atoms with van der Waals surface area (Å²) in [6, 6.07) is 0.942. The average molecular weight is 258 g/mol. The lowest BCUT2D eigenvalue weighted by atomic mass is 9.96. The molecule has 0 amide bonds. The van der Waals surface area contributed by atoms with Gasteiger partial charge in [0.2, 0.25) is 0 Å². The van der Waals surface area contributed by atoms with Crippen LogP contribution < -0.4 is 5.32 Å². The molecule has 0 spiro atoms. The predicted octanol–water partition coefficient (Wildman–Crippen LogP) is 2.76. The Morgan fingerprint density at radius 1 is 1.22 bits per heavy atom. The Morgan fingerprint density at radius 2 is 1.78 bits per heavy atom. The second-order valence-corrected chi connectivity index (χ2v) is 6.24. The van der Waals surface area contributed by atoms with E-state index in [0.29, 0.717) is 18.0 Å². The topological polar surface area (TPSA) is 24.5 Å². The number of methoxy groups -OCH3 is 1. The van der Waals surface area contributed by atoms with E-state index >= 15 is 0 Å². The summed E-state index contributed by atoms with van der Waals surface area (Å²) in [6.45, 7) is 15.4. The molecule has 0 radical (unpaired) electrons. The summed E-state index contributed by atoms with van der Waals surface area (Å²) in [5, 5.41) is 3.62. The van der Waals surface area contributed by atoms with Gasteiger partial charge >= 0.3 is 0 Å². The van der Waals surface area contributed by atoms with Crippen molar-refractivity contribution in [1.29, 1.82) is 0 Å². The first-order chi connectivity index (χ1) is 8.26. The van der Waals surface area contributed by atoms with E-state index in [0.717, 1.165) is 19.5 Å². The summed E-state index contributed by atoms with van der Waals surface area (Å²) in [5.74, 6) is 0.674. The van der Waals surface area contributed by atoms with E-state index in [-0.39, 0.29) is 5.60 Å². The van der Waals surface area contributed by atoms with Crippen LogP contribution in [0.5, 0.6) is 0 Å². The third-order valence-electron chi connectivity index (χ3n) is 4.14. The van der Waals surface area contributed by atoms with Crippen molar-refractivity contribution in [3.63, 3.8) is 0 Å². The molecule has 2 unspecified atom stereocenters. The Bertz CT molecular complexity index is 217. The molecule has 0 aliphatic heterocycles. The summed E-state index contributed by atoms with van der Waals surface area (Å²) < 4.78 is 5.65. The maximum Gasteiger partial charge on any atom is 0.0787 e. The van der Waals surface area contributed by atoms with E-state index in [1.807, 2.05) is 0 Å². The maximum atomic E-state index is 5.65. The van der Waals surface area contributed by atoms with Crippen molar-refractivity contribution >= 4 is 0 Å². The summed E-state index contributed by atoms with van der Waals surface area (Å²) >= 11 is 0. The molecular weight excluding hydrogens is 224 g/mol. The Hall–Kier alpha value is -0.120. The van der Waals surface area contributed by atoms with Crippen LogP contribution >= 0.6 is 0 Å². The highest BCUT2D eigenvalue weighted by molar-refractivity contribution is 4.88. The van der Waals surface area contributed by atoms with Crippen LogP contribution in [0.3, 0.4) is 0 Å². The van der Waals surface area contributed by atoms with Crippen LogP contribution in [0.1, 0.15) is 48.0 Å². The smallest absolute Gasteiger partial charge is 0.0787 e. The summed E-state index contributed by atoms with van der Waals surface area (Å²) in [5.41, 5.74) is -0.139. The van der Waals surface area contributed by atoms with Gasteiger partial charge in [0.1, 0.15) is 0 Å². The van der Waals surface area contributed by atoms with Gasteiger partial charge in [0.05, 0.1) is 5.60 Å². The molecule has 0 saturated carbocycles. The number of likely N-dealkylation sites (N-methyl/N-ethyl adjacent to an activating group) is 1. The van der Waals surface area contributed by atoms with Crippen LogP contribution in [0.4, 0.5) is 0 Å². The Morgan fingerprint density at radius 3 is 2.17 bits per heavy atom. The maximum absolute atomic E-state index is 5.65. The summed E-state index contributed by atoms with van der Waals surface area (Å²) in [4.78, 5) is 2.43. The quantitative estimate of drug-likeness (QED) is 0.688. The van der Waals surface area contributed by atoms with Crippen molar-refractivity contribution in [2.24, 2.45) is 5.92 Å². The number of hydrogen-bond acceptors (Lipinski definition) is 3. The van der Waals surface area contributed by atoms with Gasteiger partial charge in [-0.25, -0.2) is 0 Å². The van der Waals surface area contributed by atoms with Gasteiger partial charge in [-0.05, 0) is 46.7 Å². The molecule has 110 valence electrons. The van der Waals surface area contributed by atoms with Crippen molar-refractivity contribution in [3.05, 3.63) is 0 Å². The van der Waals surface area contributed by atoms with Crippen LogP contribution in [0.2, 0.25) is 0 Å². The molecule has 0 saturated heterocycles. The zero-order valence-corrected chi connectivity index (χ0v) is 13.7. The molecule has 2 atom stereocenters. The van der Waals surface area contributed by atoms with E-state index in [1.54, 1.807) is 7.11 Å². The lowest BCUT2D eigenvalue weighted by Crippen LogP contribution is -2.55. The summed E-state index contributed by atoms with van der Waals surface area (Å²) in [7, 11) is 4.00.